The van der Waals surface area contributed by atoms with E-state index in [9.17, 15) is 0 Å². The van der Waals surface area contributed by atoms with Crippen LogP contribution in [0, 0.1) is 0 Å². The van der Waals surface area contributed by atoms with Crippen molar-refractivity contribution in [2.24, 2.45) is 0 Å². The molecule has 16 heavy (non-hydrogen) atoms. The molecule has 0 aliphatic carbocycles. The Labute approximate surface area is 104 Å². The monoisotopic (exact) mass is 286 g/mol. The molecular weight excluding hydrogens is 267 g/mol. The second-order valence-corrected chi connectivity index (χ2v) is 5.73. The van der Waals surface area contributed by atoms with Gasteiger partial charge < -0.3 is 0 Å². The number of benzene rings is 1. The van der Waals surface area contributed by atoms with Crippen molar-refractivity contribution < 1.29 is 9.47 Å². The van der Waals surface area contributed by atoms with Crippen molar-refractivity contribution >= 4 is 19.4 Å². The molecular formula is C13H18O2Se. The fraction of sp³-hybridized carbons (Fsp3) is 0.385. The Morgan fingerprint density at radius 1 is 1.31 bits per heavy atom. The first-order chi connectivity index (χ1) is 7.72. The molecule has 1 unspecified atom stereocenters. The van der Waals surface area contributed by atoms with Gasteiger partial charge in [-0.3, -0.25) is 0 Å². The van der Waals surface area contributed by atoms with Gasteiger partial charge in [-0.2, -0.15) is 0 Å². The van der Waals surface area contributed by atoms with Gasteiger partial charge in [-0.15, -0.1) is 0 Å². The number of hydrogen-bond donors (Lipinski definition) is 0. The summed E-state index contributed by atoms with van der Waals surface area (Å²) in [6, 6.07) is 10.3. The molecule has 1 aromatic carbocycles. The Hall–Kier alpha value is -0.601. The molecule has 1 rings (SSSR count). The predicted octanol–water partition coefficient (Wildman–Crippen LogP) is 1.93. The van der Waals surface area contributed by atoms with Crippen LogP contribution in [0.4, 0.5) is 0 Å². The summed E-state index contributed by atoms with van der Waals surface area (Å²) in [5.74, 6) is 0. The maximum atomic E-state index is 5.65. The van der Waals surface area contributed by atoms with E-state index in [0.717, 1.165) is 5.57 Å². The van der Waals surface area contributed by atoms with Crippen LogP contribution in [0.5, 0.6) is 0 Å². The van der Waals surface area contributed by atoms with Crippen LogP contribution in [-0.4, -0.2) is 33.4 Å². The van der Waals surface area contributed by atoms with Gasteiger partial charge in [0.15, 0.2) is 0 Å². The quantitative estimate of drug-likeness (QED) is 0.433. The standard InChI is InChI=1S/C13H18O2Se/c1-4-14-13(15-10-11(2)3)16-12-8-6-5-7-9-12/h5-9,13H,2,4,10H2,1,3H3. The third-order valence-corrected chi connectivity index (χ3v) is 3.86. The molecule has 1 aromatic rings. The van der Waals surface area contributed by atoms with Gasteiger partial charge in [-0.1, -0.05) is 0 Å². The van der Waals surface area contributed by atoms with E-state index in [1.807, 2.05) is 32.0 Å². The average Bonchev–Trinajstić information content (AvgIpc) is 2.27. The zero-order valence-corrected chi connectivity index (χ0v) is 11.5. The van der Waals surface area contributed by atoms with Crippen LogP contribution in [0.25, 0.3) is 0 Å². The maximum absolute atomic E-state index is 5.65. The van der Waals surface area contributed by atoms with E-state index >= 15 is 0 Å². The molecule has 0 fully saturated rings. The van der Waals surface area contributed by atoms with Crippen molar-refractivity contribution in [2.75, 3.05) is 13.2 Å². The molecule has 0 radical (unpaired) electrons. The fourth-order valence-electron chi connectivity index (χ4n) is 1.07. The second kappa shape index (κ2) is 7.64. The minimum absolute atomic E-state index is 0.114. The summed E-state index contributed by atoms with van der Waals surface area (Å²) in [7, 11) is 0. The molecule has 1 atom stereocenters. The topological polar surface area (TPSA) is 18.5 Å². The Morgan fingerprint density at radius 3 is 2.56 bits per heavy atom. The van der Waals surface area contributed by atoms with Crippen molar-refractivity contribution in [3.05, 3.63) is 42.5 Å². The summed E-state index contributed by atoms with van der Waals surface area (Å²) in [4.78, 5) is 0. The first-order valence-corrected chi connectivity index (χ1v) is 7.16. The summed E-state index contributed by atoms with van der Waals surface area (Å²) < 4.78 is 12.5. The molecule has 0 amide bonds. The zero-order chi connectivity index (χ0) is 11.8. The van der Waals surface area contributed by atoms with Crippen LogP contribution in [0.3, 0.4) is 0 Å². The van der Waals surface area contributed by atoms with Crippen LogP contribution in [0.15, 0.2) is 42.5 Å². The van der Waals surface area contributed by atoms with Crippen molar-refractivity contribution in [1.82, 2.24) is 0 Å². The van der Waals surface area contributed by atoms with E-state index in [4.69, 9.17) is 9.47 Å². The van der Waals surface area contributed by atoms with Crippen LogP contribution in [0.1, 0.15) is 13.8 Å². The molecule has 88 valence electrons. The Morgan fingerprint density at radius 2 is 2.00 bits per heavy atom. The van der Waals surface area contributed by atoms with E-state index in [0.29, 0.717) is 13.2 Å². The van der Waals surface area contributed by atoms with Crippen LogP contribution in [0.2, 0.25) is 0 Å². The summed E-state index contributed by atoms with van der Waals surface area (Å²) in [6.07, 6.45) is 0. The molecule has 3 heteroatoms. The summed E-state index contributed by atoms with van der Waals surface area (Å²) in [6.45, 7) is 9.01. The van der Waals surface area contributed by atoms with E-state index in [1.165, 1.54) is 4.46 Å². The van der Waals surface area contributed by atoms with Crippen molar-refractivity contribution in [3.63, 3.8) is 0 Å². The zero-order valence-electron chi connectivity index (χ0n) is 9.81. The Kier molecular flexibility index (Phi) is 6.43. The van der Waals surface area contributed by atoms with E-state index < -0.39 is 0 Å². The van der Waals surface area contributed by atoms with E-state index in [2.05, 4.69) is 18.7 Å². The average molecular weight is 285 g/mol. The van der Waals surface area contributed by atoms with Gasteiger partial charge in [0.05, 0.1) is 0 Å². The van der Waals surface area contributed by atoms with Gasteiger partial charge in [0, 0.05) is 0 Å². The van der Waals surface area contributed by atoms with E-state index in [1.54, 1.807) is 0 Å². The minimum atomic E-state index is -0.114. The molecule has 0 saturated carbocycles. The Bertz CT molecular complexity index is 311. The third-order valence-electron chi connectivity index (χ3n) is 1.74. The van der Waals surface area contributed by atoms with Gasteiger partial charge in [-0.05, 0) is 0 Å². The number of ether oxygens (including phenoxy) is 2. The fourth-order valence-corrected chi connectivity index (χ4v) is 2.91. The molecule has 0 aromatic heterocycles. The van der Waals surface area contributed by atoms with Crippen molar-refractivity contribution in [1.29, 1.82) is 0 Å². The van der Waals surface area contributed by atoms with Gasteiger partial charge in [-0.25, -0.2) is 0 Å². The SMILES string of the molecule is C=C(C)COC(OCC)[Se]c1ccccc1. The van der Waals surface area contributed by atoms with Crippen molar-refractivity contribution in [2.45, 2.75) is 19.0 Å². The molecule has 0 saturated heterocycles. The number of rotatable bonds is 7. The molecule has 0 N–H and O–H groups in total. The normalized spacial score (nSPS) is 12.4. The molecule has 0 aliphatic rings. The Balaban J connectivity index is 2.47. The van der Waals surface area contributed by atoms with Gasteiger partial charge >= 0.3 is 104 Å². The van der Waals surface area contributed by atoms with Crippen molar-refractivity contribution in [3.8, 4) is 0 Å². The molecule has 0 spiro atoms. The van der Waals surface area contributed by atoms with Crippen LogP contribution < -0.4 is 4.46 Å². The summed E-state index contributed by atoms with van der Waals surface area (Å²) in [5.41, 5.74) is 1.02. The number of hydrogen-bond acceptors (Lipinski definition) is 2. The van der Waals surface area contributed by atoms with E-state index in [-0.39, 0.29) is 20.1 Å². The van der Waals surface area contributed by atoms with Gasteiger partial charge in [0.25, 0.3) is 0 Å². The molecule has 0 bridgehead atoms. The molecule has 0 aliphatic heterocycles. The van der Waals surface area contributed by atoms with Gasteiger partial charge in [0.1, 0.15) is 0 Å². The van der Waals surface area contributed by atoms with Gasteiger partial charge in [0.2, 0.25) is 0 Å². The second-order valence-electron chi connectivity index (χ2n) is 3.44. The summed E-state index contributed by atoms with van der Waals surface area (Å²) >= 11 is 0.187. The predicted molar refractivity (Wildman–Crippen MR) is 68.0 cm³/mol. The molecule has 0 heterocycles. The van der Waals surface area contributed by atoms with Crippen LogP contribution >= 0.6 is 0 Å². The summed E-state index contributed by atoms with van der Waals surface area (Å²) in [5, 5.41) is -0.114. The first-order valence-electron chi connectivity index (χ1n) is 5.31. The first kappa shape index (κ1) is 13.5. The van der Waals surface area contributed by atoms with Crippen LogP contribution in [-0.2, 0) is 9.47 Å². The molecule has 2 nitrogen and oxygen atoms in total. The third kappa shape index (κ3) is 5.47.